The first-order valence-electron chi connectivity index (χ1n) is 6.88. The van der Waals surface area contributed by atoms with Crippen molar-refractivity contribution in [1.82, 2.24) is 30.0 Å². The van der Waals surface area contributed by atoms with Crippen LogP contribution >= 0.6 is 0 Å². The van der Waals surface area contributed by atoms with Crippen LogP contribution in [0.4, 0.5) is 5.95 Å². The van der Waals surface area contributed by atoms with Crippen LogP contribution < -0.4 is 4.90 Å². The fourth-order valence-corrected chi connectivity index (χ4v) is 2.57. The molecule has 8 heteroatoms. The Morgan fingerprint density at radius 2 is 2.24 bits per heavy atom. The molecular weight excluding hydrogens is 270 g/mol. The number of hydrogen-bond acceptors (Lipinski definition) is 6. The molecule has 3 heterocycles. The summed E-state index contributed by atoms with van der Waals surface area (Å²) in [5.41, 5.74) is 0. The third-order valence-corrected chi connectivity index (χ3v) is 3.57. The maximum absolute atomic E-state index is 12.6. The largest absolute Gasteiger partial charge is 0.336 e. The van der Waals surface area contributed by atoms with E-state index in [9.17, 15) is 4.79 Å². The van der Waals surface area contributed by atoms with Crippen LogP contribution in [-0.4, -0.2) is 55.6 Å². The lowest BCUT2D eigenvalue weighted by Gasteiger charge is -2.27. The minimum atomic E-state index is -0.208. The third-order valence-electron chi connectivity index (χ3n) is 3.57. The summed E-state index contributed by atoms with van der Waals surface area (Å²) in [6.07, 6.45) is 6.61. The first-order valence-corrected chi connectivity index (χ1v) is 6.88. The van der Waals surface area contributed by atoms with Crippen molar-refractivity contribution in [3.63, 3.8) is 0 Å². The lowest BCUT2D eigenvalue weighted by molar-refractivity contribution is -0.131. The van der Waals surface area contributed by atoms with E-state index in [1.165, 1.54) is 6.33 Å². The van der Waals surface area contributed by atoms with Crippen LogP contribution in [0.3, 0.4) is 0 Å². The second kappa shape index (κ2) is 5.86. The SMILES string of the molecule is CN(Cc1ncn[nH]1)C(=O)C1CCCN1c1ncccn1. The molecule has 0 saturated carbocycles. The average Bonchev–Trinajstić information content (AvgIpc) is 3.18. The normalized spacial score (nSPS) is 18.0. The van der Waals surface area contributed by atoms with E-state index in [4.69, 9.17) is 0 Å². The number of likely N-dealkylation sites (N-methyl/N-ethyl adjacent to an activating group) is 1. The monoisotopic (exact) mass is 287 g/mol. The first-order chi connectivity index (χ1) is 10.3. The van der Waals surface area contributed by atoms with E-state index in [2.05, 4.69) is 25.1 Å². The van der Waals surface area contributed by atoms with E-state index in [1.54, 1.807) is 30.4 Å². The van der Waals surface area contributed by atoms with Crippen LogP contribution in [0.2, 0.25) is 0 Å². The highest BCUT2D eigenvalue weighted by Crippen LogP contribution is 2.23. The van der Waals surface area contributed by atoms with Crippen molar-refractivity contribution in [3.8, 4) is 0 Å². The number of aromatic amines is 1. The van der Waals surface area contributed by atoms with Crippen molar-refractivity contribution in [1.29, 1.82) is 0 Å². The van der Waals surface area contributed by atoms with E-state index >= 15 is 0 Å². The molecule has 0 aliphatic carbocycles. The van der Waals surface area contributed by atoms with Gasteiger partial charge in [-0.25, -0.2) is 15.0 Å². The third kappa shape index (κ3) is 2.83. The predicted octanol–water partition coefficient (Wildman–Crippen LogP) is 0.222. The van der Waals surface area contributed by atoms with Gasteiger partial charge < -0.3 is 9.80 Å². The summed E-state index contributed by atoms with van der Waals surface area (Å²) in [6.45, 7) is 1.22. The van der Waals surface area contributed by atoms with Gasteiger partial charge in [0.15, 0.2) is 0 Å². The molecule has 1 aliphatic heterocycles. The molecule has 8 nitrogen and oxygen atoms in total. The number of H-pyrrole nitrogens is 1. The maximum atomic E-state index is 12.6. The van der Waals surface area contributed by atoms with Gasteiger partial charge in [-0.2, -0.15) is 5.10 Å². The van der Waals surface area contributed by atoms with Crippen LogP contribution in [0.5, 0.6) is 0 Å². The second-order valence-electron chi connectivity index (χ2n) is 5.03. The van der Waals surface area contributed by atoms with Crippen molar-refractivity contribution in [2.75, 3.05) is 18.5 Å². The molecule has 0 aromatic carbocycles. The number of amides is 1. The van der Waals surface area contributed by atoms with Crippen molar-refractivity contribution in [2.24, 2.45) is 0 Å². The highest BCUT2D eigenvalue weighted by Gasteiger charge is 2.34. The number of hydrogen-bond donors (Lipinski definition) is 1. The summed E-state index contributed by atoms with van der Waals surface area (Å²) in [5.74, 6) is 1.34. The van der Waals surface area contributed by atoms with Gasteiger partial charge in [-0.1, -0.05) is 0 Å². The molecule has 1 N–H and O–H groups in total. The minimum absolute atomic E-state index is 0.0522. The van der Waals surface area contributed by atoms with Crippen LogP contribution in [-0.2, 0) is 11.3 Å². The Bertz CT molecular complexity index is 586. The Morgan fingerprint density at radius 3 is 2.95 bits per heavy atom. The summed E-state index contributed by atoms with van der Waals surface area (Å²) in [5, 5.41) is 6.55. The molecular formula is C13H17N7O. The summed E-state index contributed by atoms with van der Waals surface area (Å²) >= 11 is 0. The zero-order chi connectivity index (χ0) is 14.7. The number of carbonyl (C=O) groups is 1. The van der Waals surface area contributed by atoms with Gasteiger partial charge >= 0.3 is 0 Å². The van der Waals surface area contributed by atoms with Gasteiger partial charge in [0, 0.05) is 26.0 Å². The van der Waals surface area contributed by atoms with E-state index in [0.717, 1.165) is 19.4 Å². The molecule has 0 bridgehead atoms. The molecule has 21 heavy (non-hydrogen) atoms. The van der Waals surface area contributed by atoms with Crippen molar-refractivity contribution < 1.29 is 4.79 Å². The Hall–Kier alpha value is -2.51. The predicted molar refractivity (Wildman–Crippen MR) is 75.3 cm³/mol. The number of nitrogens with zero attached hydrogens (tertiary/aromatic N) is 6. The Kier molecular flexibility index (Phi) is 3.76. The van der Waals surface area contributed by atoms with Crippen LogP contribution in [0, 0.1) is 0 Å². The van der Waals surface area contributed by atoms with Crippen molar-refractivity contribution in [2.45, 2.75) is 25.4 Å². The molecule has 1 fully saturated rings. The van der Waals surface area contributed by atoms with Crippen molar-refractivity contribution in [3.05, 3.63) is 30.6 Å². The molecule has 0 spiro atoms. The fourth-order valence-electron chi connectivity index (χ4n) is 2.57. The van der Waals surface area contributed by atoms with E-state index in [1.807, 2.05) is 4.90 Å². The minimum Gasteiger partial charge on any atom is -0.336 e. The highest BCUT2D eigenvalue weighted by atomic mass is 16.2. The Balaban J connectivity index is 1.71. The molecule has 110 valence electrons. The summed E-state index contributed by atoms with van der Waals surface area (Å²) in [6, 6.07) is 1.56. The van der Waals surface area contributed by atoms with Gasteiger partial charge in [0.05, 0.1) is 6.54 Å². The molecule has 1 unspecified atom stereocenters. The standard InChI is InChI=1S/C13H17N7O/c1-19(8-11-16-9-17-18-11)12(21)10-4-2-7-20(10)13-14-5-3-6-15-13/h3,5-6,9-10H,2,4,7-8H2,1H3,(H,16,17,18). The first kappa shape index (κ1) is 13.5. The molecule has 0 radical (unpaired) electrons. The lowest BCUT2D eigenvalue weighted by Crippen LogP contribution is -2.44. The number of aromatic nitrogens is 5. The van der Waals surface area contributed by atoms with Gasteiger partial charge in [0.25, 0.3) is 0 Å². The average molecular weight is 287 g/mol. The van der Waals surface area contributed by atoms with Gasteiger partial charge in [-0.3, -0.25) is 9.89 Å². The quantitative estimate of drug-likeness (QED) is 0.865. The number of rotatable bonds is 4. The van der Waals surface area contributed by atoms with Crippen LogP contribution in [0.1, 0.15) is 18.7 Å². The number of carbonyl (C=O) groups excluding carboxylic acids is 1. The fraction of sp³-hybridized carbons (Fsp3) is 0.462. The van der Waals surface area contributed by atoms with E-state index in [-0.39, 0.29) is 11.9 Å². The molecule has 1 amide bonds. The molecule has 2 aromatic rings. The van der Waals surface area contributed by atoms with E-state index in [0.29, 0.717) is 18.3 Å². The summed E-state index contributed by atoms with van der Waals surface area (Å²) in [7, 11) is 1.77. The zero-order valence-corrected chi connectivity index (χ0v) is 11.8. The second-order valence-corrected chi connectivity index (χ2v) is 5.03. The summed E-state index contributed by atoms with van der Waals surface area (Å²) < 4.78 is 0. The molecule has 2 aromatic heterocycles. The molecule has 1 aliphatic rings. The number of nitrogens with one attached hydrogen (secondary N) is 1. The molecule has 1 saturated heterocycles. The van der Waals surface area contributed by atoms with Gasteiger partial charge in [-0.15, -0.1) is 0 Å². The highest BCUT2D eigenvalue weighted by molar-refractivity contribution is 5.85. The van der Waals surface area contributed by atoms with Gasteiger partial charge in [-0.05, 0) is 18.9 Å². The Labute approximate surface area is 122 Å². The number of anilines is 1. The Morgan fingerprint density at radius 1 is 1.43 bits per heavy atom. The van der Waals surface area contributed by atoms with Crippen LogP contribution in [0.25, 0.3) is 0 Å². The summed E-state index contributed by atoms with van der Waals surface area (Å²) in [4.78, 5) is 28.8. The zero-order valence-electron chi connectivity index (χ0n) is 11.8. The maximum Gasteiger partial charge on any atom is 0.245 e. The smallest absolute Gasteiger partial charge is 0.245 e. The van der Waals surface area contributed by atoms with Crippen LogP contribution in [0.15, 0.2) is 24.8 Å². The van der Waals surface area contributed by atoms with Gasteiger partial charge in [0.2, 0.25) is 11.9 Å². The van der Waals surface area contributed by atoms with E-state index < -0.39 is 0 Å². The van der Waals surface area contributed by atoms with Crippen molar-refractivity contribution >= 4 is 11.9 Å². The van der Waals surface area contributed by atoms with Gasteiger partial charge in [0.1, 0.15) is 18.2 Å². The molecule has 3 rings (SSSR count). The topological polar surface area (TPSA) is 90.9 Å². The molecule has 1 atom stereocenters. The lowest BCUT2D eigenvalue weighted by atomic mass is 10.2.